The van der Waals surface area contributed by atoms with Crippen LogP contribution in [0.1, 0.15) is 48.5 Å². The normalized spacial score (nSPS) is 20.2. The van der Waals surface area contributed by atoms with Crippen molar-refractivity contribution >= 4 is 27.5 Å². The van der Waals surface area contributed by atoms with Crippen LogP contribution in [0.2, 0.25) is 5.02 Å². The Balaban J connectivity index is 1.86. The minimum absolute atomic E-state index is 0.00831. The third kappa shape index (κ3) is 6.07. The highest BCUT2D eigenvalue weighted by Crippen LogP contribution is 2.31. The molecule has 0 aromatic heterocycles. The van der Waals surface area contributed by atoms with Crippen molar-refractivity contribution in [2.24, 2.45) is 0 Å². The van der Waals surface area contributed by atoms with Gasteiger partial charge in [0.2, 0.25) is 10.0 Å². The first-order chi connectivity index (χ1) is 15.2. The third-order valence-electron chi connectivity index (χ3n) is 5.55. The number of alkyl halides is 1. The highest BCUT2D eigenvalue weighted by Gasteiger charge is 2.38. The van der Waals surface area contributed by atoms with Gasteiger partial charge in [-0.05, 0) is 61.7 Å². The molecule has 0 saturated heterocycles. The summed E-state index contributed by atoms with van der Waals surface area (Å²) in [7, 11) is -3.97. The zero-order valence-corrected chi connectivity index (χ0v) is 19.4. The van der Waals surface area contributed by atoms with Gasteiger partial charge in [0.25, 0.3) is 5.91 Å². The molecule has 32 heavy (non-hydrogen) atoms. The van der Waals surface area contributed by atoms with Gasteiger partial charge in [-0.25, -0.2) is 12.8 Å². The number of hydrogen-bond acceptors (Lipinski definition) is 4. The summed E-state index contributed by atoms with van der Waals surface area (Å²) in [4.78, 5) is 12.2. The van der Waals surface area contributed by atoms with Crippen LogP contribution in [0.25, 0.3) is 0 Å². The molecule has 0 heterocycles. The average molecular weight is 483 g/mol. The van der Waals surface area contributed by atoms with Crippen LogP contribution in [0.4, 0.5) is 4.39 Å². The van der Waals surface area contributed by atoms with Gasteiger partial charge in [0, 0.05) is 23.7 Å². The summed E-state index contributed by atoms with van der Waals surface area (Å²) in [5.41, 5.74) is 1.04. The number of halogens is 2. The first kappa shape index (κ1) is 24.6. The van der Waals surface area contributed by atoms with Gasteiger partial charge < -0.3 is 10.4 Å². The number of sulfonamides is 1. The fourth-order valence-electron chi connectivity index (χ4n) is 3.80. The van der Waals surface area contributed by atoms with E-state index in [0.29, 0.717) is 29.0 Å². The number of nitrogens with zero attached hydrogens (tertiary/aromatic N) is 1. The molecular formula is C23H28ClFN2O4S. The second-order valence-corrected chi connectivity index (χ2v) is 10.5. The number of carbonyl (C=O) groups excluding carboxylic acids is 1. The van der Waals surface area contributed by atoms with Gasteiger partial charge >= 0.3 is 0 Å². The number of rotatable bonds is 8. The zero-order valence-electron chi connectivity index (χ0n) is 17.9. The Labute approximate surface area is 193 Å². The van der Waals surface area contributed by atoms with Crippen molar-refractivity contribution < 1.29 is 22.7 Å². The van der Waals surface area contributed by atoms with Gasteiger partial charge in [-0.15, -0.1) is 0 Å². The van der Waals surface area contributed by atoms with Gasteiger partial charge in [-0.1, -0.05) is 36.6 Å². The fourth-order valence-corrected chi connectivity index (χ4v) is 5.59. The zero-order chi connectivity index (χ0) is 23.3. The summed E-state index contributed by atoms with van der Waals surface area (Å²) in [6.45, 7) is 1.70. The van der Waals surface area contributed by atoms with Crippen molar-refractivity contribution in [2.75, 3.05) is 6.54 Å². The summed E-state index contributed by atoms with van der Waals surface area (Å²) in [5, 5.41) is 12.3. The molecule has 1 amide bonds. The van der Waals surface area contributed by atoms with Crippen LogP contribution >= 0.6 is 11.6 Å². The van der Waals surface area contributed by atoms with Gasteiger partial charge in [-0.2, -0.15) is 4.31 Å². The number of aliphatic hydroxyl groups excluding tert-OH is 1. The molecule has 9 heteroatoms. The quantitative estimate of drug-likeness (QED) is 0.597. The lowest BCUT2D eigenvalue weighted by Crippen LogP contribution is -2.46. The molecule has 2 aromatic carbocycles. The molecule has 2 N–H and O–H groups in total. The van der Waals surface area contributed by atoms with Gasteiger partial charge in [-0.3, -0.25) is 4.79 Å². The van der Waals surface area contributed by atoms with Gasteiger partial charge in [0.05, 0.1) is 17.0 Å². The second kappa shape index (κ2) is 10.7. The minimum atomic E-state index is -3.97. The number of aliphatic hydroxyl groups is 1. The van der Waals surface area contributed by atoms with Crippen LogP contribution in [-0.2, 0) is 16.6 Å². The molecule has 2 aromatic rings. The van der Waals surface area contributed by atoms with Crippen LogP contribution in [0.5, 0.6) is 0 Å². The van der Waals surface area contributed by atoms with E-state index in [1.54, 1.807) is 31.2 Å². The van der Waals surface area contributed by atoms with Crippen LogP contribution in [0.15, 0.2) is 53.4 Å². The van der Waals surface area contributed by atoms with Crippen molar-refractivity contribution in [1.82, 2.24) is 9.62 Å². The van der Waals surface area contributed by atoms with E-state index in [1.807, 2.05) is 0 Å². The molecule has 1 aliphatic rings. The summed E-state index contributed by atoms with van der Waals surface area (Å²) in [5.74, 6) is -0.334. The lowest BCUT2D eigenvalue weighted by atomic mass is 9.93. The molecule has 1 saturated carbocycles. The molecule has 0 bridgehead atoms. The molecule has 0 spiro atoms. The van der Waals surface area contributed by atoms with E-state index in [-0.39, 0.29) is 23.9 Å². The maximum Gasteiger partial charge on any atom is 0.251 e. The number of nitrogens with one attached hydrogen (secondary N) is 1. The molecule has 3 rings (SSSR count). The Kier molecular flexibility index (Phi) is 8.27. The summed E-state index contributed by atoms with van der Waals surface area (Å²) < 4.78 is 43.0. The molecular weight excluding hydrogens is 455 g/mol. The smallest absolute Gasteiger partial charge is 0.251 e. The molecule has 3 atom stereocenters. The number of amides is 1. The standard InChI is InChI=1S/C23H28ClFN2O4S/c1-16(28)14-26-23(29)18-8-6-17(7-9-18)15-27(22-5-3-2-4-21(22)25)32(30,31)20-12-10-19(24)11-13-20/h6-13,16,21-22,28H,2-5,14-15H2,1H3,(H,26,29). The van der Waals surface area contributed by atoms with Crippen LogP contribution < -0.4 is 5.32 Å². The first-order valence-electron chi connectivity index (χ1n) is 10.6. The van der Waals surface area contributed by atoms with E-state index in [4.69, 9.17) is 11.6 Å². The Morgan fingerprint density at radius 1 is 1.16 bits per heavy atom. The predicted molar refractivity (Wildman–Crippen MR) is 122 cm³/mol. The molecule has 0 aliphatic heterocycles. The van der Waals surface area contributed by atoms with E-state index in [0.717, 1.165) is 12.8 Å². The van der Waals surface area contributed by atoms with Crippen molar-refractivity contribution in [3.05, 3.63) is 64.7 Å². The lowest BCUT2D eigenvalue weighted by Gasteiger charge is -2.35. The summed E-state index contributed by atoms with van der Waals surface area (Å²) in [6.07, 6.45) is 0.390. The van der Waals surface area contributed by atoms with Crippen molar-refractivity contribution in [3.8, 4) is 0 Å². The molecule has 1 aliphatic carbocycles. The Morgan fingerprint density at radius 3 is 2.38 bits per heavy atom. The second-order valence-electron chi connectivity index (χ2n) is 8.13. The Hall–Kier alpha value is -2.00. The maximum absolute atomic E-state index is 14.8. The van der Waals surface area contributed by atoms with E-state index in [9.17, 15) is 22.7 Å². The van der Waals surface area contributed by atoms with E-state index in [1.165, 1.54) is 28.6 Å². The highest BCUT2D eigenvalue weighted by molar-refractivity contribution is 7.89. The Bertz CT molecular complexity index is 1010. The SMILES string of the molecule is CC(O)CNC(=O)c1ccc(CN(C2CCCCC2F)S(=O)(=O)c2ccc(Cl)cc2)cc1. The largest absolute Gasteiger partial charge is 0.392 e. The summed E-state index contributed by atoms with van der Waals surface area (Å²) in [6, 6.07) is 11.6. The molecule has 1 fully saturated rings. The Morgan fingerprint density at radius 2 is 1.78 bits per heavy atom. The van der Waals surface area contributed by atoms with E-state index in [2.05, 4.69) is 5.32 Å². The monoisotopic (exact) mass is 482 g/mol. The first-order valence-corrected chi connectivity index (χ1v) is 12.5. The van der Waals surface area contributed by atoms with Crippen LogP contribution in [0, 0.1) is 0 Å². The highest BCUT2D eigenvalue weighted by atomic mass is 35.5. The maximum atomic E-state index is 14.8. The molecule has 0 radical (unpaired) electrons. The van der Waals surface area contributed by atoms with E-state index < -0.39 is 28.3 Å². The number of carbonyl (C=O) groups is 1. The lowest BCUT2D eigenvalue weighted by molar-refractivity contribution is 0.0924. The molecule has 3 unspecified atom stereocenters. The van der Waals surface area contributed by atoms with Gasteiger partial charge in [0.1, 0.15) is 6.17 Å². The molecule has 174 valence electrons. The van der Waals surface area contributed by atoms with E-state index >= 15 is 0 Å². The van der Waals surface area contributed by atoms with Crippen molar-refractivity contribution in [1.29, 1.82) is 0 Å². The van der Waals surface area contributed by atoms with Crippen LogP contribution in [-0.4, -0.2) is 48.6 Å². The number of benzene rings is 2. The topological polar surface area (TPSA) is 86.7 Å². The fraction of sp³-hybridized carbons (Fsp3) is 0.435. The molecule has 6 nitrogen and oxygen atoms in total. The van der Waals surface area contributed by atoms with Crippen molar-refractivity contribution in [2.45, 2.75) is 62.4 Å². The van der Waals surface area contributed by atoms with Gasteiger partial charge in [0.15, 0.2) is 0 Å². The summed E-state index contributed by atoms with van der Waals surface area (Å²) >= 11 is 5.91. The van der Waals surface area contributed by atoms with Crippen molar-refractivity contribution in [3.63, 3.8) is 0 Å². The van der Waals surface area contributed by atoms with Crippen LogP contribution in [0.3, 0.4) is 0 Å². The predicted octanol–water partition coefficient (Wildman–Crippen LogP) is 3.92. The third-order valence-corrected chi connectivity index (χ3v) is 7.69. The number of hydrogen-bond donors (Lipinski definition) is 2. The average Bonchev–Trinajstić information content (AvgIpc) is 2.77. The minimum Gasteiger partial charge on any atom is -0.392 e.